The maximum absolute atomic E-state index is 14.8. The van der Waals surface area contributed by atoms with Gasteiger partial charge in [-0.1, -0.05) is 0 Å². The standard InChI is InChI=1S/C22H19F5N2O4/c1-10(2)28-17(30)8-14-11(3)29(16-9-15(23)20(31)19(24)18(14)16)21(32)12-4-6-13(7-5-12)33-22(25,26)27/h4-7,9-10,31H,8H2,1-3H3,(H,28,30). The Labute approximate surface area is 184 Å². The monoisotopic (exact) mass is 470 g/mol. The Morgan fingerprint density at radius 3 is 2.30 bits per heavy atom. The van der Waals surface area contributed by atoms with E-state index in [2.05, 4.69) is 10.1 Å². The lowest BCUT2D eigenvalue weighted by Gasteiger charge is -2.11. The van der Waals surface area contributed by atoms with E-state index >= 15 is 0 Å². The number of rotatable bonds is 5. The SMILES string of the molecule is Cc1c(CC(=O)NC(C)C)c2c(F)c(O)c(F)cc2n1C(=O)c1ccc(OC(F)(F)F)cc1. The molecule has 0 saturated carbocycles. The number of nitrogens with one attached hydrogen (secondary N) is 1. The minimum absolute atomic E-state index is 0.0568. The minimum Gasteiger partial charge on any atom is -0.503 e. The summed E-state index contributed by atoms with van der Waals surface area (Å²) < 4.78 is 70.8. The molecule has 1 amide bonds. The van der Waals surface area contributed by atoms with E-state index in [9.17, 15) is 36.6 Å². The molecule has 3 rings (SSSR count). The first-order chi connectivity index (χ1) is 15.3. The van der Waals surface area contributed by atoms with Crippen molar-refractivity contribution in [3.05, 3.63) is 58.8 Å². The summed E-state index contributed by atoms with van der Waals surface area (Å²) in [6.07, 6.45) is -5.28. The number of ether oxygens (including phenoxy) is 1. The predicted octanol–water partition coefficient (Wildman–Crippen LogP) is 4.59. The number of carbonyl (C=O) groups is 2. The molecule has 0 atom stereocenters. The molecule has 0 saturated heterocycles. The van der Waals surface area contributed by atoms with Gasteiger partial charge in [0.1, 0.15) is 5.75 Å². The molecule has 1 heterocycles. The number of fused-ring (bicyclic) bond motifs is 1. The Kier molecular flexibility index (Phi) is 6.35. The van der Waals surface area contributed by atoms with Gasteiger partial charge >= 0.3 is 6.36 Å². The fraction of sp³-hybridized carbons (Fsp3) is 0.273. The van der Waals surface area contributed by atoms with E-state index < -0.39 is 41.3 Å². The van der Waals surface area contributed by atoms with Crippen LogP contribution in [0.25, 0.3) is 10.9 Å². The summed E-state index contributed by atoms with van der Waals surface area (Å²) in [5.41, 5.74) is -0.181. The van der Waals surface area contributed by atoms with Crippen LogP contribution in [-0.4, -0.2) is 33.9 Å². The molecule has 0 fully saturated rings. The Bertz CT molecular complexity index is 1230. The molecule has 33 heavy (non-hydrogen) atoms. The number of carbonyl (C=O) groups excluding carboxylic acids is 2. The van der Waals surface area contributed by atoms with Crippen molar-refractivity contribution in [3.8, 4) is 11.5 Å². The van der Waals surface area contributed by atoms with Gasteiger partial charge in [-0.3, -0.25) is 14.2 Å². The molecule has 2 N–H and O–H groups in total. The van der Waals surface area contributed by atoms with Crippen LogP contribution in [0.5, 0.6) is 11.5 Å². The Hall–Kier alpha value is -3.63. The van der Waals surface area contributed by atoms with Crippen molar-refractivity contribution in [2.75, 3.05) is 0 Å². The highest BCUT2D eigenvalue weighted by molar-refractivity contribution is 6.05. The van der Waals surface area contributed by atoms with Crippen LogP contribution in [0.1, 0.15) is 35.5 Å². The molecule has 11 heteroatoms. The average Bonchev–Trinajstić information content (AvgIpc) is 2.95. The average molecular weight is 470 g/mol. The number of halogens is 5. The highest BCUT2D eigenvalue weighted by Gasteiger charge is 2.31. The van der Waals surface area contributed by atoms with Crippen molar-refractivity contribution in [1.29, 1.82) is 0 Å². The van der Waals surface area contributed by atoms with Gasteiger partial charge in [0, 0.05) is 28.8 Å². The molecular formula is C22H19F5N2O4. The summed E-state index contributed by atoms with van der Waals surface area (Å²) in [5.74, 6) is -5.76. The lowest BCUT2D eigenvalue weighted by Crippen LogP contribution is -2.31. The molecule has 0 spiro atoms. The molecule has 0 aliphatic carbocycles. The second-order valence-corrected chi connectivity index (χ2v) is 7.59. The van der Waals surface area contributed by atoms with Crippen molar-refractivity contribution < 1.29 is 41.4 Å². The third-order valence-corrected chi connectivity index (χ3v) is 4.81. The number of hydrogen-bond acceptors (Lipinski definition) is 4. The van der Waals surface area contributed by atoms with E-state index in [-0.39, 0.29) is 40.2 Å². The van der Waals surface area contributed by atoms with Crippen LogP contribution in [0.15, 0.2) is 30.3 Å². The van der Waals surface area contributed by atoms with Crippen molar-refractivity contribution in [3.63, 3.8) is 0 Å². The number of phenolic OH excluding ortho intramolecular Hbond substituents is 1. The summed E-state index contributed by atoms with van der Waals surface area (Å²) in [4.78, 5) is 25.5. The second kappa shape index (κ2) is 8.72. The number of phenols is 1. The lowest BCUT2D eigenvalue weighted by molar-refractivity contribution is -0.274. The topological polar surface area (TPSA) is 80.6 Å². The van der Waals surface area contributed by atoms with E-state index in [1.54, 1.807) is 13.8 Å². The molecule has 3 aromatic rings. The summed E-state index contributed by atoms with van der Waals surface area (Å²) in [5, 5.41) is 12.1. The number of benzene rings is 2. The number of nitrogens with zero attached hydrogens (tertiary/aromatic N) is 1. The van der Waals surface area contributed by atoms with Crippen LogP contribution in [0, 0.1) is 18.6 Å². The lowest BCUT2D eigenvalue weighted by atomic mass is 10.1. The van der Waals surface area contributed by atoms with Gasteiger partial charge in [0.2, 0.25) is 5.91 Å². The summed E-state index contributed by atoms with van der Waals surface area (Å²) in [6.45, 7) is 4.84. The third kappa shape index (κ3) is 4.91. The van der Waals surface area contributed by atoms with E-state index in [0.29, 0.717) is 0 Å². The second-order valence-electron chi connectivity index (χ2n) is 7.59. The first kappa shape index (κ1) is 24.0. The van der Waals surface area contributed by atoms with Crippen molar-refractivity contribution in [2.45, 2.75) is 39.6 Å². The molecule has 2 aromatic carbocycles. The highest BCUT2D eigenvalue weighted by Crippen LogP contribution is 2.35. The van der Waals surface area contributed by atoms with Gasteiger partial charge in [-0.15, -0.1) is 13.2 Å². The van der Waals surface area contributed by atoms with Gasteiger partial charge in [-0.2, -0.15) is 0 Å². The Balaban J connectivity index is 2.13. The van der Waals surface area contributed by atoms with Gasteiger partial charge in [0.25, 0.3) is 5.91 Å². The molecule has 1 aromatic heterocycles. The summed E-state index contributed by atoms with van der Waals surface area (Å²) >= 11 is 0. The summed E-state index contributed by atoms with van der Waals surface area (Å²) in [6, 6.07) is 4.50. The molecule has 6 nitrogen and oxygen atoms in total. The molecule has 176 valence electrons. The van der Waals surface area contributed by atoms with Crippen molar-refractivity contribution in [1.82, 2.24) is 9.88 Å². The minimum atomic E-state index is -4.92. The highest BCUT2D eigenvalue weighted by atomic mass is 19.4. The Morgan fingerprint density at radius 2 is 1.76 bits per heavy atom. The van der Waals surface area contributed by atoms with Crippen molar-refractivity contribution >= 4 is 22.7 Å². The molecule has 0 radical (unpaired) electrons. The first-order valence-corrected chi connectivity index (χ1v) is 9.71. The molecule has 0 bridgehead atoms. The van der Waals surface area contributed by atoms with E-state index in [1.807, 2.05) is 0 Å². The smallest absolute Gasteiger partial charge is 0.503 e. The fourth-order valence-electron chi connectivity index (χ4n) is 3.50. The van der Waals surface area contributed by atoms with E-state index in [1.165, 1.54) is 6.92 Å². The van der Waals surface area contributed by atoms with E-state index in [4.69, 9.17) is 0 Å². The van der Waals surface area contributed by atoms with Gasteiger partial charge in [-0.05, 0) is 50.6 Å². The number of aromatic hydroxyl groups is 1. The van der Waals surface area contributed by atoms with E-state index in [0.717, 1.165) is 34.9 Å². The van der Waals surface area contributed by atoms with Crippen LogP contribution >= 0.6 is 0 Å². The normalized spacial score (nSPS) is 11.8. The number of amides is 1. The number of hydrogen-bond donors (Lipinski definition) is 2. The van der Waals surface area contributed by atoms with Crippen LogP contribution < -0.4 is 10.1 Å². The zero-order valence-corrected chi connectivity index (χ0v) is 17.7. The summed E-state index contributed by atoms with van der Waals surface area (Å²) in [7, 11) is 0. The third-order valence-electron chi connectivity index (χ3n) is 4.81. The number of alkyl halides is 3. The van der Waals surface area contributed by atoms with Crippen LogP contribution in [0.4, 0.5) is 22.0 Å². The maximum atomic E-state index is 14.8. The predicted molar refractivity (Wildman–Crippen MR) is 108 cm³/mol. The van der Waals surface area contributed by atoms with Crippen LogP contribution in [-0.2, 0) is 11.2 Å². The Morgan fingerprint density at radius 1 is 1.15 bits per heavy atom. The quantitative estimate of drug-likeness (QED) is 0.535. The van der Waals surface area contributed by atoms with Gasteiger partial charge in [0.15, 0.2) is 17.4 Å². The molecule has 0 aliphatic rings. The van der Waals surface area contributed by atoms with Gasteiger partial charge in [-0.25, -0.2) is 8.78 Å². The molecule has 0 aliphatic heterocycles. The number of aromatic nitrogens is 1. The zero-order chi connectivity index (χ0) is 24.7. The largest absolute Gasteiger partial charge is 0.573 e. The fourth-order valence-corrected chi connectivity index (χ4v) is 3.50. The molecular weight excluding hydrogens is 451 g/mol. The maximum Gasteiger partial charge on any atom is 0.573 e. The first-order valence-electron chi connectivity index (χ1n) is 9.71. The van der Waals surface area contributed by atoms with Crippen LogP contribution in [0.3, 0.4) is 0 Å². The zero-order valence-electron chi connectivity index (χ0n) is 17.7. The van der Waals surface area contributed by atoms with Gasteiger partial charge < -0.3 is 15.2 Å². The molecule has 0 unspecified atom stereocenters. The van der Waals surface area contributed by atoms with Gasteiger partial charge in [0.05, 0.1) is 11.9 Å². The van der Waals surface area contributed by atoms with Crippen molar-refractivity contribution in [2.24, 2.45) is 0 Å². The van der Waals surface area contributed by atoms with Crippen LogP contribution in [0.2, 0.25) is 0 Å².